The third-order valence-electron chi connectivity index (χ3n) is 7.36. The number of para-hydroxylation sites is 1. The lowest BCUT2D eigenvalue weighted by atomic mass is 9.88. The number of aliphatic hydroxyl groups is 1. The third-order valence-corrected chi connectivity index (χ3v) is 10.3. The number of benzene rings is 2. The standard InChI is InChI=1S/C27H33N3O7S2/c1-38(32,33)24-7-4-6-23(14-24)36-19-22(31)16-28-21-15-27(37-18-21)9-11-30(12-10-27)39(34,35)25-13-20-5-2-3-8-26(20)29-17-25/h2-8,13-14,17,21-22,28,31H,9-12,15-16,18-19H2,1H3. The lowest BCUT2D eigenvalue weighted by molar-refractivity contribution is -0.0312. The summed E-state index contributed by atoms with van der Waals surface area (Å²) in [5.74, 6) is 0.376. The molecule has 2 aliphatic rings. The number of hydrogen-bond donors (Lipinski definition) is 2. The maximum atomic E-state index is 13.3. The van der Waals surface area contributed by atoms with E-state index in [9.17, 15) is 21.9 Å². The summed E-state index contributed by atoms with van der Waals surface area (Å²) in [5.41, 5.74) is 0.364. The molecule has 2 unspecified atom stereocenters. The van der Waals surface area contributed by atoms with Crippen LogP contribution in [-0.4, -0.2) is 88.1 Å². The van der Waals surface area contributed by atoms with Gasteiger partial charge in [-0.25, -0.2) is 16.8 Å². The second-order valence-corrected chi connectivity index (χ2v) is 14.2. The van der Waals surface area contributed by atoms with Crippen LogP contribution in [0.3, 0.4) is 0 Å². The van der Waals surface area contributed by atoms with Crippen LogP contribution in [0.5, 0.6) is 5.75 Å². The van der Waals surface area contributed by atoms with Crippen molar-refractivity contribution in [3.8, 4) is 5.75 Å². The van der Waals surface area contributed by atoms with E-state index in [1.807, 2.05) is 24.3 Å². The number of pyridine rings is 1. The number of ether oxygens (including phenoxy) is 2. The second-order valence-electron chi connectivity index (χ2n) is 10.3. The van der Waals surface area contributed by atoms with Crippen molar-refractivity contribution in [3.05, 3.63) is 60.8 Å². The zero-order valence-corrected chi connectivity index (χ0v) is 23.3. The Kier molecular flexibility index (Phi) is 7.96. The summed E-state index contributed by atoms with van der Waals surface area (Å²) in [6.45, 7) is 1.50. The number of nitrogens with one attached hydrogen (secondary N) is 1. The van der Waals surface area contributed by atoms with Gasteiger partial charge in [-0.15, -0.1) is 0 Å². The zero-order valence-electron chi connectivity index (χ0n) is 21.7. The Bertz CT molecular complexity index is 1540. The van der Waals surface area contributed by atoms with E-state index in [4.69, 9.17) is 9.47 Å². The van der Waals surface area contributed by atoms with Crippen molar-refractivity contribution in [2.24, 2.45) is 0 Å². The first-order chi connectivity index (χ1) is 18.5. The Balaban J connectivity index is 1.10. The number of aromatic nitrogens is 1. The summed E-state index contributed by atoms with van der Waals surface area (Å²) in [6, 6.07) is 15.3. The number of sulfone groups is 1. The molecule has 3 heterocycles. The first kappa shape index (κ1) is 27.9. The zero-order chi connectivity index (χ0) is 27.7. The number of piperidine rings is 1. The minimum Gasteiger partial charge on any atom is -0.491 e. The minimum absolute atomic E-state index is 0.00931. The summed E-state index contributed by atoms with van der Waals surface area (Å²) >= 11 is 0. The molecule has 12 heteroatoms. The Hall–Kier alpha value is -2.61. The average molecular weight is 576 g/mol. The lowest BCUT2D eigenvalue weighted by Gasteiger charge is -2.38. The number of fused-ring (bicyclic) bond motifs is 1. The predicted molar refractivity (Wildman–Crippen MR) is 146 cm³/mol. The summed E-state index contributed by atoms with van der Waals surface area (Å²) in [7, 11) is -7.00. The molecule has 0 bridgehead atoms. The number of rotatable bonds is 9. The summed E-state index contributed by atoms with van der Waals surface area (Å²) in [4.78, 5) is 4.67. The van der Waals surface area contributed by atoms with Crippen LogP contribution in [-0.2, 0) is 24.6 Å². The molecule has 0 radical (unpaired) electrons. The largest absolute Gasteiger partial charge is 0.491 e. The molecule has 5 rings (SSSR count). The van der Waals surface area contributed by atoms with Crippen molar-refractivity contribution in [1.29, 1.82) is 0 Å². The number of aliphatic hydroxyl groups excluding tert-OH is 1. The molecular weight excluding hydrogens is 542 g/mol. The molecule has 3 aromatic rings. The molecule has 0 amide bonds. The smallest absolute Gasteiger partial charge is 0.244 e. The SMILES string of the molecule is CS(=O)(=O)c1cccc(OCC(O)CNC2COC3(CCN(S(=O)(=O)c4cnc5ccccc5c4)CC3)C2)c1. The Morgan fingerprint density at radius 3 is 2.64 bits per heavy atom. The Morgan fingerprint density at radius 1 is 1.10 bits per heavy atom. The molecule has 0 saturated carbocycles. The summed E-state index contributed by atoms with van der Waals surface area (Å²) in [6.07, 6.45) is 3.66. The highest BCUT2D eigenvalue weighted by molar-refractivity contribution is 7.90. The van der Waals surface area contributed by atoms with Crippen LogP contribution in [0.4, 0.5) is 0 Å². The maximum Gasteiger partial charge on any atom is 0.244 e. The molecule has 2 N–H and O–H groups in total. The van der Waals surface area contributed by atoms with Gasteiger partial charge in [-0.2, -0.15) is 4.31 Å². The van der Waals surface area contributed by atoms with Gasteiger partial charge in [0, 0.05) is 43.5 Å². The fraction of sp³-hybridized carbons (Fsp3) is 0.444. The molecule has 2 aromatic carbocycles. The van der Waals surface area contributed by atoms with Crippen LogP contribution < -0.4 is 10.1 Å². The highest BCUT2D eigenvalue weighted by Crippen LogP contribution is 2.37. The third kappa shape index (κ3) is 6.42. The van der Waals surface area contributed by atoms with E-state index in [1.165, 1.54) is 22.6 Å². The normalized spacial score (nSPS) is 20.8. The minimum atomic E-state index is -3.66. The van der Waals surface area contributed by atoms with Gasteiger partial charge in [0.05, 0.1) is 22.6 Å². The monoisotopic (exact) mass is 575 g/mol. The van der Waals surface area contributed by atoms with Crippen molar-refractivity contribution in [1.82, 2.24) is 14.6 Å². The van der Waals surface area contributed by atoms with E-state index in [0.717, 1.165) is 23.6 Å². The molecular formula is C27H33N3O7S2. The Morgan fingerprint density at radius 2 is 1.87 bits per heavy atom. The molecule has 2 aliphatic heterocycles. The molecule has 1 aromatic heterocycles. The molecule has 2 atom stereocenters. The fourth-order valence-electron chi connectivity index (χ4n) is 5.15. The van der Waals surface area contributed by atoms with Gasteiger partial charge >= 0.3 is 0 Å². The lowest BCUT2D eigenvalue weighted by Crippen LogP contribution is -2.47. The first-order valence-electron chi connectivity index (χ1n) is 12.9. The van der Waals surface area contributed by atoms with E-state index in [-0.39, 0.29) is 29.0 Å². The molecule has 1 spiro atoms. The van der Waals surface area contributed by atoms with E-state index in [0.29, 0.717) is 38.3 Å². The number of hydrogen-bond acceptors (Lipinski definition) is 9. The van der Waals surface area contributed by atoms with Crippen molar-refractivity contribution >= 4 is 30.8 Å². The van der Waals surface area contributed by atoms with Crippen LogP contribution in [0.2, 0.25) is 0 Å². The van der Waals surface area contributed by atoms with Gasteiger partial charge in [-0.3, -0.25) is 4.98 Å². The molecule has 10 nitrogen and oxygen atoms in total. The van der Waals surface area contributed by atoms with E-state index >= 15 is 0 Å². The van der Waals surface area contributed by atoms with Gasteiger partial charge in [0.1, 0.15) is 23.4 Å². The van der Waals surface area contributed by atoms with Gasteiger partial charge in [0.25, 0.3) is 0 Å². The first-order valence-corrected chi connectivity index (χ1v) is 16.2. The van der Waals surface area contributed by atoms with Gasteiger partial charge in [-0.05, 0) is 49.6 Å². The van der Waals surface area contributed by atoms with E-state index in [2.05, 4.69) is 10.3 Å². The van der Waals surface area contributed by atoms with Crippen molar-refractivity contribution in [2.75, 3.05) is 39.1 Å². The number of sulfonamides is 1. The van der Waals surface area contributed by atoms with Gasteiger partial charge < -0.3 is 19.9 Å². The molecule has 2 saturated heterocycles. The highest BCUT2D eigenvalue weighted by atomic mass is 32.2. The van der Waals surface area contributed by atoms with E-state index < -0.39 is 31.6 Å². The van der Waals surface area contributed by atoms with Crippen molar-refractivity contribution < 1.29 is 31.4 Å². The van der Waals surface area contributed by atoms with Gasteiger partial charge in [0.15, 0.2) is 9.84 Å². The van der Waals surface area contributed by atoms with Crippen LogP contribution in [0.1, 0.15) is 19.3 Å². The molecule has 210 valence electrons. The van der Waals surface area contributed by atoms with Crippen LogP contribution in [0.25, 0.3) is 10.9 Å². The molecule has 2 fully saturated rings. The van der Waals surface area contributed by atoms with Crippen LogP contribution >= 0.6 is 0 Å². The topological polar surface area (TPSA) is 135 Å². The fourth-order valence-corrected chi connectivity index (χ4v) is 7.23. The van der Waals surface area contributed by atoms with Crippen LogP contribution in [0, 0.1) is 0 Å². The molecule has 39 heavy (non-hydrogen) atoms. The van der Waals surface area contributed by atoms with Crippen molar-refractivity contribution in [2.45, 2.75) is 46.8 Å². The average Bonchev–Trinajstić information content (AvgIpc) is 3.32. The second kappa shape index (κ2) is 11.1. The van der Waals surface area contributed by atoms with Crippen LogP contribution in [0.15, 0.2) is 70.6 Å². The summed E-state index contributed by atoms with van der Waals surface area (Å²) < 4.78 is 63.2. The maximum absolute atomic E-state index is 13.3. The van der Waals surface area contributed by atoms with E-state index in [1.54, 1.807) is 18.2 Å². The predicted octanol–water partition coefficient (Wildman–Crippen LogP) is 1.98. The van der Waals surface area contributed by atoms with Gasteiger partial charge in [-0.1, -0.05) is 24.3 Å². The van der Waals surface area contributed by atoms with Crippen molar-refractivity contribution in [3.63, 3.8) is 0 Å². The molecule has 0 aliphatic carbocycles. The quantitative estimate of drug-likeness (QED) is 0.393. The number of nitrogens with zero attached hydrogens (tertiary/aromatic N) is 2. The highest BCUT2D eigenvalue weighted by Gasteiger charge is 2.44. The Labute approximate surface area is 228 Å². The summed E-state index contributed by atoms with van der Waals surface area (Å²) in [5, 5.41) is 14.5. The van der Waals surface area contributed by atoms with Gasteiger partial charge in [0.2, 0.25) is 10.0 Å².